The molecule has 0 aliphatic carbocycles. The van der Waals surface area contributed by atoms with Crippen molar-refractivity contribution >= 4 is 23.1 Å². The molecule has 0 radical (unpaired) electrons. The first kappa shape index (κ1) is 15.4. The third kappa shape index (κ3) is 4.01. The number of hydrogen-bond acceptors (Lipinski definition) is 5. The highest BCUT2D eigenvalue weighted by Crippen LogP contribution is 2.32. The second kappa shape index (κ2) is 7.15. The molecule has 20 heavy (non-hydrogen) atoms. The number of nitrogens with one attached hydrogen (secondary N) is 1. The van der Waals surface area contributed by atoms with Gasteiger partial charge in [0.2, 0.25) is 0 Å². The summed E-state index contributed by atoms with van der Waals surface area (Å²) in [6.07, 6.45) is 1.07. The number of nitrogens with zero attached hydrogens (tertiary/aromatic N) is 2. The second-order valence-corrected chi connectivity index (χ2v) is 7.03. The third-order valence-electron chi connectivity index (χ3n) is 2.86. The van der Waals surface area contributed by atoms with E-state index in [1.807, 2.05) is 26.0 Å². The van der Waals surface area contributed by atoms with Crippen LogP contribution in [0.2, 0.25) is 0 Å². The number of rotatable bonds is 6. The van der Waals surface area contributed by atoms with Crippen LogP contribution in [0, 0.1) is 12.7 Å². The van der Waals surface area contributed by atoms with Gasteiger partial charge in [-0.15, -0.1) is 10.2 Å². The zero-order valence-electron chi connectivity index (χ0n) is 11.8. The van der Waals surface area contributed by atoms with Crippen LogP contribution in [-0.2, 0) is 0 Å². The largest absolute Gasteiger partial charge is 0.310 e. The molecular weight excluding hydrogens is 293 g/mol. The molecule has 0 spiro atoms. The molecular formula is C14H18FN3S2. The van der Waals surface area contributed by atoms with Crippen LogP contribution < -0.4 is 5.32 Å². The van der Waals surface area contributed by atoms with Crippen molar-refractivity contribution in [2.24, 2.45) is 0 Å². The Morgan fingerprint density at radius 2 is 2.20 bits per heavy atom. The lowest BCUT2D eigenvalue weighted by Gasteiger charge is -2.14. The maximum absolute atomic E-state index is 14.1. The van der Waals surface area contributed by atoms with E-state index in [0.29, 0.717) is 4.90 Å². The standard InChI is InChI=1S/C14H18FN3S2/c1-4-7-16-9(2)11-5-6-13(12(15)8-11)20-14-18-17-10(3)19-14/h5-6,8-9,16H,4,7H2,1-3H3. The molecule has 1 aromatic carbocycles. The highest BCUT2D eigenvalue weighted by molar-refractivity contribution is 8.01. The van der Waals surface area contributed by atoms with Crippen LogP contribution in [0.3, 0.4) is 0 Å². The number of aromatic nitrogens is 2. The van der Waals surface area contributed by atoms with Crippen molar-refractivity contribution < 1.29 is 4.39 Å². The number of hydrogen-bond donors (Lipinski definition) is 1. The van der Waals surface area contributed by atoms with Crippen LogP contribution in [0.15, 0.2) is 27.4 Å². The van der Waals surface area contributed by atoms with Crippen molar-refractivity contribution in [3.8, 4) is 0 Å². The Kier molecular flexibility index (Phi) is 5.51. The van der Waals surface area contributed by atoms with E-state index in [1.54, 1.807) is 6.07 Å². The highest BCUT2D eigenvalue weighted by Gasteiger charge is 2.11. The molecule has 0 aliphatic rings. The Labute approximate surface area is 127 Å². The molecule has 3 nitrogen and oxygen atoms in total. The zero-order valence-corrected chi connectivity index (χ0v) is 13.4. The van der Waals surface area contributed by atoms with Gasteiger partial charge in [-0.3, -0.25) is 0 Å². The van der Waals surface area contributed by atoms with E-state index in [-0.39, 0.29) is 11.9 Å². The van der Waals surface area contributed by atoms with Crippen LogP contribution >= 0.6 is 23.1 Å². The second-order valence-electron chi connectivity index (χ2n) is 4.55. The van der Waals surface area contributed by atoms with Gasteiger partial charge < -0.3 is 5.32 Å². The van der Waals surface area contributed by atoms with Gasteiger partial charge >= 0.3 is 0 Å². The monoisotopic (exact) mass is 311 g/mol. The summed E-state index contributed by atoms with van der Waals surface area (Å²) >= 11 is 2.80. The average molecular weight is 311 g/mol. The van der Waals surface area contributed by atoms with Gasteiger partial charge in [0.1, 0.15) is 10.8 Å². The first-order chi connectivity index (χ1) is 9.60. The molecule has 1 N–H and O–H groups in total. The highest BCUT2D eigenvalue weighted by atomic mass is 32.2. The molecule has 1 unspecified atom stereocenters. The Hall–Kier alpha value is -0.980. The molecule has 1 aromatic heterocycles. The third-order valence-corrected chi connectivity index (χ3v) is 4.80. The minimum absolute atomic E-state index is 0.160. The number of benzene rings is 1. The molecule has 1 atom stereocenters. The fraction of sp³-hybridized carbons (Fsp3) is 0.429. The molecule has 2 rings (SSSR count). The Morgan fingerprint density at radius 3 is 2.80 bits per heavy atom. The summed E-state index contributed by atoms with van der Waals surface area (Å²) in [5.74, 6) is -0.203. The van der Waals surface area contributed by atoms with Gasteiger partial charge in [0.15, 0.2) is 4.34 Å². The van der Waals surface area contributed by atoms with Crippen molar-refractivity contribution in [1.29, 1.82) is 0 Å². The zero-order chi connectivity index (χ0) is 14.5. The Morgan fingerprint density at radius 1 is 1.40 bits per heavy atom. The summed E-state index contributed by atoms with van der Waals surface area (Å²) in [5.41, 5.74) is 0.966. The van der Waals surface area contributed by atoms with Gasteiger partial charge in [-0.25, -0.2) is 4.39 Å². The minimum atomic E-state index is -0.203. The van der Waals surface area contributed by atoms with E-state index in [9.17, 15) is 4.39 Å². The van der Waals surface area contributed by atoms with Crippen molar-refractivity contribution in [2.45, 2.75) is 42.5 Å². The smallest absolute Gasteiger partial charge is 0.179 e. The molecule has 6 heteroatoms. The van der Waals surface area contributed by atoms with Gasteiger partial charge in [-0.05, 0) is 44.5 Å². The number of aryl methyl sites for hydroxylation is 1. The molecule has 108 valence electrons. The normalized spacial score (nSPS) is 12.6. The predicted molar refractivity (Wildman–Crippen MR) is 81.9 cm³/mol. The van der Waals surface area contributed by atoms with E-state index in [2.05, 4.69) is 22.4 Å². The summed E-state index contributed by atoms with van der Waals surface area (Å²) in [7, 11) is 0. The van der Waals surface area contributed by atoms with E-state index < -0.39 is 0 Å². The van der Waals surface area contributed by atoms with Gasteiger partial charge in [0, 0.05) is 6.04 Å². The summed E-state index contributed by atoms with van der Waals surface area (Å²) in [4.78, 5) is 0.590. The summed E-state index contributed by atoms with van der Waals surface area (Å²) in [6, 6.07) is 5.54. The van der Waals surface area contributed by atoms with Gasteiger partial charge in [-0.1, -0.05) is 36.1 Å². The topological polar surface area (TPSA) is 37.8 Å². The maximum atomic E-state index is 14.1. The lowest BCUT2D eigenvalue weighted by Crippen LogP contribution is -2.19. The van der Waals surface area contributed by atoms with E-state index in [1.165, 1.54) is 23.1 Å². The lowest BCUT2D eigenvalue weighted by atomic mass is 10.1. The van der Waals surface area contributed by atoms with Crippen molar-refractivity contribution in [2.75, 3.05) is 6.54 Å². The quantitative estimate of drug-likeness (QED) is 0.867. The predicted octanol–water partition coefficient (Wildman–Crippen LogP) is 4.20. The van der Waals surface area contributed by atoms with Crippen LogP contribution in [0.25, 0.3) is 0 Å². The first-order valence-corrected chi connectivity index (χ1v) is 8.24. The van der Waals surface area contributed by atoms with Gasteiger partial charge in [0.25, 0.3) is 0 Å². The molecule has 0 saturated heterocycles. The fourth-order valence-electron chi connectivity index (χ4n) is 1.76. The van der Waals surface area contributed by atoms with Crippen LogP contribution in [-0.4, -0.2) is 16.7 Å². The SMILES string of the molecule is CCCNC(C)c1ccc(Sc2nnc(C)s2)c(F)c1. The number of halogens is 1. The average Bonchev–Trinajstić information content (AvgIpc) is 2.83. The molecule has 0 bridgehead atoms. The fourth-order valence-corrected chi connectivity index (χ4v) is 3.54. The van der Waals surface area contributed by atoms with Gasteiger partial charge in [-0.2, -0.15) is 0 Å². The van der Waals surface area contributed by atoms with Crippen molar-refractivity contribution in [3.63, 3.8) is 0 Å². The van der Waals surface area contributed by atoms with E-state index in [4.69, 9.17) is 0 Å². The summed E-state index contributed by atoms with van der Waals surface area (Å²) in [5, 5.41) is 12.2. The molecule has 2 aromatic rings. The molecule has 0 amide bonds. The van der Waals surface area contributed by atoms with Crippen molar-refractivity contribution in [3.05, 3.63) is 34.6 Å². The van der Waals surface area contributed by atoms with Crippen LogP contribution in [0.4, 0.5) is 4.39 Å². The van der Waals surface area contributed by atoms with Crippen LogP contribution in [0.5, 0.6) is 0 Å². The molecule has 0 aliphatic heterocycles. The Balaban J connectivity index is 2.09. The Bertz CT molecular complexity index is 571. The summed E-state index contributed by atoms with van der Waals surface area (Å²) in [6.45, 7) is 6.99. The molecule has 1 heterocycles. The van der Waals surface area contributed by atoms with Crippen LogP contribution in [0.1, 0.15) is 36.9 Å². The molecule has 0 saturated carbocycles. The van der Waals surface area contributed by atoms with E-state index >= 15 is 0 Å². The van der Waals surface area contributed by atoms with Crippen molar-refractivity contribution in [1.82, 2.24) is 15.5 Å². The minimum Gasteiger partial charge on any atom is -0.310 e. The van der Waals surface area contributed by atoms with Gasteiger partial charge in [0.05, 0.1) is 4.90 Å². The maximum Gasteiger partial charge on any atom is 0.179 e. The first-order valence-electron chi connectivity index (χ1n) is 6.61. The van der Waals surface area contributed by atoms with E-state index in [0.717, 1.165) is 27.9 Å². The summed E-state index contributed by atoms with van der Waals surface area (Å²) < 4.78 is 14.9. The molecule has 0 fully saturated rings. The lowest BCUT2D eigenvalue weighted by molar-refractivity contribution is 0.556.